The van der Waals surface area contributed by atoms with Crippen LogP contribution in [0.4, 0.5) is 4.39 Å². The van der Waals surface area contributed by atoms with E-state index < -0.39 is 11.7 Å². The maximum atomic E-state index is 13.3. The van der Waals surface area contributed by atoms with Crippen LogP contribution in [0.3, 0.4) is 0 Å². The number of rotatable bonds is 2. The van der Waals surface area contributed by atoms with Gasteiger partial charge in [0, 0.05) is 16.7 Å². The highest BCUT2D eigenvalue weighted by molar-refractivity contribution is 6.32. The van der Waals surface area contributed by atoms with Crippen LogP contribution in [-0.4, -0.2) is 18.5 Å². The molecule has 0 bridgehead atoms. The molecule has 0 saturated heterocycles. The molecule has 0 unspecified atom stereocenters. The van der Waals surface area contributed by atoms with Crippen LogP contribution in [0.1, 0.15) is 21.5 Å². The minimum Gasteiger partial charge on any atom is -0.489 e. The van der Waals surface area contributed by atoms with Gasteiger partial charge < -0.3 is 16.2 Å². The van der Waals surface area contributed by atoms with E-state index in [0.29, 0.717) is 29.0 Å². The van der Waals surface area contributed by atoms with Gasteiger partial charge in [0.05, 0.1) is 5.02 Å². The van der Waals surface area contributed by atoms with Gasteiger partial charge in [-0.05, 0) is 48.0 Å². The Kier molecular flexibility index (Phi) is 4.22. The van der Waals surface area contributed by atoms with E-state index in [-0.39, 0.29) is 11.0 Å². The van der Waals surface area contributed by atoms with Crippen LogP contribution in [-0.2, 0) is 0 Å². The molecule has 0 fully saturated rings. The largest absolute Gasteiger partial charge is 0.489 e. The third-order valence-corrected chi connectivity index (χ3v) is 3.81. The zero-order chi connectivity index (χ0) is 17.3. The normalized spacial score (nSPS) is 12.7. The molecule has 0 saturated carbocycles. The molecule has 122 valence electrons. The van der Waals surface area contributed by atoms with Gasteiger partial charge in [0.25, 0.3) is 5.91 Å². The lowest BCUT2D eigenvalue weighted by Crippen LogP contribution is -2.24. The third kappa shape index (κ3) is 3.09. The van der Waals surface area contributed by atoms with E-state index in [2.05, 4.69) is 4.99 Å². The van der Waals surface area contributed by atoms with E-state index in [9.17, 15) is 9.18 Å². The van der Waals surface area contributed by atoms with Crippen molar-refractivity contribution in [2.45, 2.75) is 0 Å². The van der Waals surface area contributed by atoms with Crippen molar-refractivity contribution in [3.05, 3.63) is 70.0 Å². The number of hydrogen-bond donors (Lipinski definition) is 2. The van der Waals surface area contributed by atoms with Gasteiger partial charge in [-0.3, -0.25) is 4.79 Å². The second kappa shape index (κ2) is 6.33. The molecule has 1 aliphatic heterocycles. The lowest BCUT2D eigenvalue weighted by molar-refractivity contribution is 0.100. The van der Waals surface area contributed by atoms with Crippen LogP contribution in [0.25, 0.3) is 5.57 Å². The predicted octanol–water partition coefficient (Wildman–Crippen LogP) is 2.72. The van der Waals surface area contributed by atoms with Crippen LogP contribution in [0, 0.1) is 5.82 Å². The van der Waals surface area contributed by atoms with Gasteiger partial charge >= 0.3 is 0 Å². The average Bonchev–Trinajstić information content (AvgIpc) is 2.53. The Hall–Kier alpha value is -2.86. The summed E-state index contributed by atoms with van der Waals surface area (Å²) in [7, 11) is 0. The maximum absolute atomic E-state index is 13.3. The van der Waals surface area contributed by atoms with Crippen LogP contribution in [0.5, 0.6) is 5.75 Å². The van der Waals surface area contributed by atoms with Gasteiger partial charge in [-0.2, -0.15) is 4.99 Å². The number of ether oxygens (including phenoxy) is 1. The Bertz CT molecular complexity index is 889. The maximum Gasteiger partial charge on any atom is 0.280 e. The fourth-order valence-corrected chi connectivity index (χ4v) is 2.74. The van der Waals surface area contributed by atoms with E-state index in [1.54, 1.807) is 24.3 Å². The van der Waals surface area contributed by atoms with E-state index in [0.717, 1.165) is 5.57 Å². The van der Waals surface area contributed by atoms with E-state index >= 15 is 0 Å². The van der Waals surface area contributed by atoms with Crippen molar-refractivity contribution in [1.29, 1.82) is 0 Å². The second-order valence-electron chi connectivity index (χ2n) is 5.11. The first-order chi connectivity index (χ1) is 11.5. The fraction of sp³-hybridized carbons (Fsp3) is 0.0588. The highest BCUT2D eigenvalue weighted by atomic mass is 35.5. The summed E-state index contributed by atoms with van der Waals surface area (Å²) < 4.78 is 18.9. The Morgan fingerprint density at radius 1 is 1.17 bits per heavy atom. The van der Waals surface area contributed by atoms with Crippen molar-refractivity contribution in [2.75, 3.05) is 6.61 Å². The van der Waals surface area contributed by atoms with Gasteiger partial charge in [-0.15, -0.1) is 0 Å². The molecule has 5 nitrogen and oxygen atoms in total. The number of nitrogens with two attached hydrogens (primary N) is 2. The lowest BCUT2D eigenvalue weighted by atomic mass is 9.94. The molecule has 1 amide bonds. The number of benzene rings is 2. The molecule has 4 N–H and O–H groups in total. The molecule has 2 aromatic rings. The van der Waals surface area contributed by atoms with Gasteiger partial charge in [0.2, 0.25) is 0 Å². The summed E-state index contributed by atoms with van der Waals surface area (Å²) in [6.07, 6.45) is 1.82. The first kappa shape index (κ1) is 16.0. The molecule has 0 aromatic heterocycles. The fourth-order valence-electron chi connectivity index (χ4n) is 2.47. The first-order valence-corrected chi connectivity index (χ1v) is 7.40. The van der Waals surface area contributed by atoms with Gasteiger partial charge in [0.15, 0.2) is 5.96 Å². The van der Waals surface area contributed by atoms with E-state index in [4.69, 9.17) is 27.8 Å². The number of carbonyl (C=O) groups excluding carboxylic acids is 1. The van der Waals surface area contributed by atoms with Gasteiger partial charge in [-0.25, -0.2) is 4.39 Å². The predicted molar refractivity (Wildman–Crippen MR) is 90.6 cm³/mol. The van der Waals surface area contributed by atoms with Crippen molar-refractivity contribution >= 4 is 29.0 Å². The molecule has 0 radical (unpaired) electrons. The molecular weight excluding hydrogens is 333 g/mol. The van der Waals surface area contributed by atoms with Crippen LogP contribution >= 0.6 is 11.6 Å². The van der Waals surface area contributed by atoms with E-state index in [1.165, 1.54) is 12.1 Å². The minimum absolute atomic E-state index is 0.273. The number of nitrogens with zero attached hydrogens (tertiary/aromatic N) is 1. The zero-order valence-corrected chi connectivity index (χ0v) is 13.2. The molecule has 3 rings (SSSR count). The van der Waals surface area contributed by atoms with Crippen molar-refractivity contribution < 1.29 is 13.9 Å². The SMILES string of the molecule is NC(N)=NC(=O)c1ccc2c(c1)C(c1ccc(F)cc1Cl)=CCO2. The van der Waals surface area contributed by atoms with E-state index in [1.807, 2.05) is 6.08 Å². The van der Waals surface area contributed by atoms with Crippen molar-refractivity contribution in [2.24, 2.45) is 16.5 Å². The summed E-state index contributed by atoms with van der Waals surface area (Å²) in [6, 6.07) is 9.00. The lowest BCUT2D eigenvalue weighted by Gasteiger charge is -2.20. The van der Waals surface area contributed by atoms with Gasteiger partial charge in [-0.1, -0.05) is 11.6 Å². The summed E-state index contributed by atoms with van der Waals surface area (Å²) in [5, 5.41) is 0.273. The molecule has 1 heterocycles. The number of guanidine groups is 1. The molecule has 24 heavy (non-hydrogen) atoms. The van der Waals surface area contributed by atoms with Gasteiger partial charge in [0.1, 0.15) is 18.2 Å². The Balaban J connectivity index is 2.09. The molecule has 0 aliphatic carbocycles. The molecule has 7 heteroatoms. The van der Waals surface area contributed by atoms with Crippen molar-refractivity contribution in [1.82, 2.24) is 0 Å². The Morgan fingerprint density at radius 3 is 2.67 bits per heavy atom. The molecule has 0 atom stereocenters. The third-order valence-electron chi connectivity index (χ3n) is 3.49. The van der Waals surface area contributed by atoms with Crippen molar-refractivity contribution in [3.8, 4) is 5.75 Å². The quantitative estimate of drug-likeness (QED) is 0.646. The Morgan fingerprint density at radius 2 is 1.96 bits per heavy atom. The summed E-state index contributed by atoms with van der Waals surface area (Å²) >= 11 is 6.16. The molecule has 0 spiro atoms. The average molecular weight is 346 g/mol. The Labute approximate surface area is 142 Å². The number of halogens is 2. The topological polar surface area (TPSA) is 90.7 Å². The number of fused-ring (bicyclic) bond motifs is 1. The summed E-state index contributed by atoms with van der Waals surface area (Å²) in [6.45, 7) is 0.344. The number of amides is 1. The molecule has 1 aliphatic rings. The number of aliphatic imine (C=N–C) groups is 1. The van der Waals surface area contributed by atoms with Crippen LogP contribution in [0.2, 0.25) is 5.02 Å². The summed E-state index contributed by atoms with van der Waals surface area (Å²) in [5.74, 6) is -0.707. The molecule has 2 aromatic carbocycles. The van der Waals surface area contributed by atoms with Crippen LogP contribution in [0.15, 0.2) is 47.5 Å². The van der Waals surface area contributed by atoms with Crippen molar-refractivity contribution in [3.63, 3.8) is 0 Å². The highest BCUT2D eigenvalue weighted by Crippen LogP contribution is 2.37. The minimum atomic E-state index is -0.562. The summed E-state index contributed by atoms with van der Waals surface area (Å²) in [4.78, 5) is 15.5. The smallest absolute Gasteiger partial charge is 0.280 e. The number of hydrogen-bond acceptors (Lipinski definition) is 2. The number of carbonyl (C=O) groups is 1. The second-order valence-corrected chi connectivity index (χ2v) is 5.51. The first-order valence-electron chi connectivity index (χ1n) is 7.02. The summed E-state index contributed by atoms with van der Waals surface area (Å²) in [5.41, 5.74) is 12.8. The monoisotopic (exact) mass is 345 g/mol. The zero-order valence-electron chi connectivity index (χ0n) is 12.4. The molecular formula is C17H13ClFN3O2. The highest BCUT2D eigenvalue weighted by Gasteiger charge is 2.19. The van der Waals surface area contributed by atoms with Crippen LogP contribution < -0.4 is 16.2 Å². The standard InChI is InChI=1S/C17H13ClFN3O2/c18-14-8-10(19)2-3-12(14)11-5-6-24-15-4-1-9(7-13(11)15)16(23)22-17(20)21/h1-5,7-8H,6H2,(H4,20,21,22,23).